The lowest BCUT2D eigenvalue weighted by Gasteiger charge is -2.06. The molecule has 0 bridgehead atoms. The Morgan fingerprint density at radius 3 is 2.62 bits per heavy atom. The van der Waals surface area contributed by atoms with E-state index in [1.807, 2.05) is 22.6 Å². The minimum absolute atomic E-state index is 0.280. The summed E-state index contributed by atoms with van der Waals surface area (Å²) < 4.78 is 41.2. The van der Waals surface area contributed by atoms with Gasteiger partial charge in [-0.1, -0.05) is 0 Å². The summed E-state index contributed by atoms with van der Waals surface area (Å²) in [6.07, 6.45) is -2.51. The molecule has 1 aromatic carbocycles. The van der Waals surface area contributed by atoms with E-state index in [1.54, 1.807) is 0 Å². The van der Waals surface area contributed by atoms with E-state index < -0.39 is 18.8 Å². The third kappa shape index (κ3) is 3.41. The Labute approximate surface area is 87.0 Å². The Bertz CT molecular complexity index is 291. The highest BCUT2D eigenvalue weighted by Crippen LogP contribution is 2.21. The fraction of sp³-hybridized carbons (Fsp3) is 0.250. The van der Waals surface area contributed by atoms with Crippen LogP contribution in [0.25, 0.3) is 0 Å². The van der Waals surface area contributed by atoms with Crippen LogP contribution >= 0.6 is 22.6 Å². The van der Waals surface area contributed by atoms with Crippen LogP contribution in [0.15, 0.2) is 18.2 Å². The number of halogens is 4. The summed E-state index contributed by atoms with van der Waals surface area (Å²) in [6, 6.07) is 3.73. The highest BCUT2D eigenvalue weighted by Gasteiger charge is 2.06. The van der Waals surface area contributed by atoms with Gasteiger partial charge >= 0.3 is 0 Å². The molecular weight excluding hydrogens is 296 g/mol. The zero-order valence-electron chi connectivity index (χ0n) is 6.44. The molecule has 0 unspecified atom stereocenters. The molecule has 0 N–H and O–H groups in total. The second-order valence-corrected chi connectivity index (χ2v) is 3.44. The van der Waals surface area contributed by atoms with Crippen LogP contribution < -0.4 is 4.74 Å². The molecule has 0 aliphatic rings. The fourth-order valence-corrected chi connectivity index (χ4v) is 1.38. The summed E-state index contributed by atoms with van der Waals surface area (Å²) in [5.74, 6) is -0.129. The minimum Gasteiger partial charge on any atom is -0.487 e. The quantitative estimate of drug-likeness (QED) is 0.780. The van der Waals surface area contributed by atoms with E-state index in [9.17, 15) is 13.2 Å². The normalized spacial score (nSPS) is 10.5. The first-order chi connectivity index (χ1) is 6.09. The fourth-order valence-electron chi connectivity index (χ4n) is 0.745. The lowest BCUT2D eigenvalue weighted by molar-refractivity contribution is 0.0814. The van der Waals surface area contributed by atoms with Gasteiger partial charge in [0.05, 0.1) is 3.57 Å². The predicted molar refractivity (Wildman–Crippen MR) is 50.6 cm³/mol. The maximum absolute atomic E-state index is 12.5. The van der Waals surface area contributed by atoms with Crippen molar-refractivity contribution in [2.45, 2.75) is 6.43 Å². The first-order valence-electron chi connectivity index (χ1n) is 3.45. The Hall–Kier alpha value is -0.460. The molecule has 0 saturated heterocycles. The van der Waals surface area contributed by atoms with Crippen LogP contribution in [0.5, 0.6) is 5.75 Å². The number of benzene rings is 1. The third-order valence-corrected chi connectivity index (χ3v) is 2.10. The molecule has 1 rings (SSSR count). The molecule has 72 valence electrons. The molecule has 1 nitrogen and oxygen atoms in total. The molecule has 0 heterocycles. The van der Waals surface area contributed by atoms with Crippen LogP contribution in [0.2, 0.25) is 0 Å². The summed E-state index contributed by atoms with van der Waals surface area (Å²) in [4.78, 5) is 0. The molecular formula is C8H6F3IO. The van der Waals surface area contributed by atoms with Gasteiger partial charge in [0.2, 0.25) is 0 Å². The summed E-state index contributed by atoms with van der Waals surface area (Å²) in [6.45, 7) is -0.665. The topological polar surface area (TPSA) is 9.23 Å². The Balaban J connectivity index is 2.67. The van der Waals surface area contributed by atoms with Crippen LogP contribution in [0.1, 0.15) is 0 Å². The van der Waals surface area contributed by atoms with Crippen molar-refractivity contribution in [2.75, 3.05) is 6.61 Å². The van der Waals surface area contributed by atoms with Crippen LogP contribution in [-0.4, -0.2) is 13.0 Å². The first-order valence-corrected chi connectivity index (χ1v) is 4.53. The van der Waals surface area contributed by atoms with E-state index in [2.05, 4.69) is 0 Å². The molecule has 0 radical (unpaired) electrons. The number of hydrogen-bond donors (Lipinski definition) is 0. The van der Waals surface area contributed by atoms with Crippen LogP contribution in [0.4, 0.5) is 13.2 Å². The predicted octanol–water partition coefficient (Wildman–Crippen LogP) is 3.07. The van der Waals surface area contributed by atoms with Crippen molar-refractivity contribution in [1.82, 2.24) is 0 Å². The highest BCUT2D eigenvalue weighted by molar-refractivity contribution is 14.1. The lowest BCUT2D eigenvalue weighted by atomic mass is 10.3. The standard InChI is InChI=1S/C8H6F3IO/c9-5-1-2-7(6(12)3-5)13-4-8(10)11/h1-3,8H,4H2. The zero-order valence-corrected chi connectivity index (χ0v) is 8.59. The average molecular weight is 302 g/mol. The maximum Gasteiger partial charge on any atom is 0.272 e. The van der Waals surface area contributed by atoms with E-state index in [0.29, 0.717) is 3.57 Å². The van der Waals surface area contributed by atoms with Crippen molar-refractivity contribution in [3.05, 3.63) is 27.6 Å². The molecule has 0 aromatic heterocycles. The Morgan fingerprint density at radius 1 is 1.38 bits per heavy atom. The number of ether oxygens (including phenoxy) is 1. The van der Waals surface area contributed by atoms with Crippen molar-refractivity contribution in [2.24, 2.45) is 0 Å². The second-order valence-electron chi connectivity index (χ2n) is 2.28. The molecule has 13 heavy (non-hydrogen) atoms. The molecule has 1 aromatic rings. The Kier molecular flexibility index (Phi) is 3.83. The second kappa shape index (κ2) is 4.69. The SMILES string of the molecule is Fc1ccc(OCC(F)F)c(I)c1. The Morgan fingerprint density at radius 2 is 2.08 bits per heavy atom. The van der Waals surface area contributed by atoms with Gasteiger partial charge in [0.15, 0.2) is 0 Å². The van der Waals surface area contributed by atoms with E-state index in [4.69, 9.17) is 4.74 Å². The number of hydrogen-bond acceptors (Lipinski definition) is 1. The van der Waals surface area contributed by atoms with Gasteiger partial charge in [-0.3, -0.25) is 0 Å². The summed E-state index contributed by atoms with van der Waals surface area (Å²) >= 11 is 1.82. The molecule has 5 heteroatoms. The number of rotatable bonds is 3. The van der Waals surface area contributed by atoms with Gasteiger partial charge in [0.1, 0.15) is 18.2 Å². The zero-order chi connectivity index (χ0) is 9.84. The minimum atomic E-state index is -2.51. The summed E-state index contributed by atoms with van der Waals surface area (Å²) in [7, 11) is 0. The van der Waals surface area contributed by atoms with Crippen molar-refractivity contribution >= 4 is 22.6 Å². The van der Waals surface area contributed by atoms with Gasteiger partial charge < -0.3 is 4.74 Å². The molecule has 0 atom stereocenters. The van der Waals surface area contributed by atoms with E-state index in [-0.39, 0.29) is 5.75 Å². The molecule has 0 fully saturated rings. The van der Waals surface area contributed by atoms with E-state index >= 15 is 0 Å². The average Bonchev–Trinajstić information content (AvgIpc) is 2.02. The van der Waals surface area contributed by atoms with Crippen LogP contribution in [0, 0.1) is 9.39 Å². The third-order valence-electron chi connectivity index (χ3n) is 1.26. The van der Waals surface area contributed by atoms with Crippen LogP contribution in [0.3, 0.4) is 0 Å². The van der Waals surface area contributed by atoms with Crippen molar-refractivity contribution in [3.8, 4) is 5.75 Å². The van der Waals surface area contributed by atoms with Crippen molar-refractivity contribution in [3.63, 3.8) is 0 Å². The van der Waals surface area contributed by atoms with Gasteiger partial charge in [-0.15, -0.1) is 0 Å². The van der Waals surface area contributed by atoms with Gasteiger partial charge in [-0.05, 0) is 40.8 Å². The smallest absolute Gasteiger partial charge is 0.272 e. The van der Waals surface area contributed by atoms with Crippen molar-refractivity contribution in [1.29, 1.82) is 0 Å². The summed E-state index contributed by atoms with van der Waals surface area (Å²) in [5, 5.41) is 0. The highest BCUT2D eigenvalue weighted by atomic mass is 127. The van der Waals surface area contributed by atoms with Gasteiger partial charge in [-0.25, -0.2) is 13.2 Å². The van der Waals surface area contributed by atoms with Crippen molar-refractivity contribution < 1.29 is 17.9 Å². The maximum atomic E-state index is 12.5. The molecule has 0 aliphatic heterocycles. The largest absolute Gasteiger partial charge is 0.487 e. The first kappa shape index (κ1) is 10.6. The van der Waals surface area contributed by atoms with Gasteiger partial charge in [0, 0.05) is 0 Å². The van der Waals surface area contributed by atoms with E-state index in [0.717, 1.165) is 0 Å². The summed E-state index contributed by atoms with van der Waals surface area (Å²) in [5.41, 5.74) is 0. The van der Waals surface area contributed by atoms with Gasteiger partial charge in [-0.2, -0.15) is 0 Å². The van der Waals surface area contributed by atoms with Gasteiger partial charge in [0.25, 0.3) is 6.43 Å². The lowest BCUT2D eigenvalue weighted by Crippen LogP contribution is -2.07. The van der Waals surface area contributed by atoms with Crippen LogP contribution in [-0.2, 0) is 0 Å². The van der Waals surface area contributed by atoms with E-state index in [1.165, 1.54) is 18.2 Å². The molecule has 0 aliphatic carbocycles. The monoisotopic (exact) mass is 302 g/mol. The molecule has 0 spiro atoms. The number of alkyl halides is 2. The molecule has 0 saturated carbocycles. The molecule has 0 amide bonds.